The van der Waals surface area contributed by atoms with Crippen molar-refractivity contribution in [2.24, 2.45) is 0 Å². The van der Waals surface area contributed by atoms with Crippen molar-refractivity contribution >= 4 is 22.2 Å². The molecule has 0 bridgehead atoms. The molecule has 0 aliphatic carbocycles. The molecule has 3 rings (SSSR count). The molecule has 4 nitrogen and oxygen atoms in total. The SMILES string of the molecule is C[C@H](O)c1ccc2c(c1)N(CCCN(C)C)c1ccccc1[S@@]2=O. The summed E-state index contributed by atoms with van der Waals surface area (Å²) in [6, 6.07) is 13.6. The highest BCUT2D eigenvalue weighted by Gasteiger charge is 2.28. The fraction of sp³-hybridized carbons (Fsp3) is 0.368. The van der Waals surface area contributed by atoms with Gasteiger partial charge in [-0.15, -0.1) is 0 Å². The molecule has 2 atom stereocenters. The van der Waals surface area contributed by atoms with Crippen LogP contribution < -0.4 is 4.90 Å². The number of anilines is 2. The molecule has 2 aromatic rings. The van der Waals surface area contributed by atoms with Crippen molar-refractivity contribution < 1.29 is 9.32 Å². The molecule has 0 amide bonds. The van der Waals surface area contributed by atoms with Crippen molar-refractivity contribution in [3.05, 3.63) is 48.0 Å². The first-order valence-corrected chi connectivity index (χ1v) is 9.39. The largest absolute Gasteiger partial charge is 0.389 e. The smallest absolute Gasteiger partial charge is 0.0892 e. The lowest BCUT2D eigenvalue weighted by Crippen LogP contribution is -2.27. The number of rotatable bonds is 5. The van der Waals surface area contributed by atoms with E-state index >= 15 is 0 Å². The lowest BCUT2D eigenvalue weighted by atomic mass is 10.1. The quantitative estimate of drug-likeness (QED) is 0.904. The third kappa shape index (κ3) is 3.24. The number of aliphatic hydroxyl groups is 1. The Kier molecular flexibility index (Phi) is 5.04. The number of nitrogens with zero attached hydrogens (tertiary/aromatic N) is 2. The number of hydrogen-bond acceptors (Lipinski definition) is 4. The summed E-state index contributed by atoms with van der Waals surface area (Å²) in [5, 5.41) is 9.92. The standard InChI is InChI=1S/C19H24N2O2S/c1-14(22)15-9-10-19-17(13-15)21(12-6-11-20(2)3)16-7-4-5-8-18(16)24(19)23/h4-5,7-10,13-14,22H,6,11-12H2,1-3H3/t14-,24-/m0/s1. The van der Waals surface area contributed by atoms with Crippen molar-refractivity contribution in [3.8, 4) is 0 Å². The first-order valence-electron chi connectivity index (χ1n) is 8.24. The Balaban J connectivity index is 2.05. The van der Waals surface area contributed by atoms with Gasteiger partial charge >= 0.3 is 0 Å². The van der Waals surface area contributed by atoms with E-state index in [0.29, 0.717) is 0 Å². The summed E-state index contributed by atoms with van der Waals surface area (Å²) >= 11 is 0. The number of benzene rings is 2. The van der Waals surface area contributed by atoms with Crippen molar-refractivity contribution in [3.63, 3.8) is 0 Å². The van der Waals surface area contributed by atoms with E-state index in [2.05, 4.69) is 23.9 Å². The first kappa shape index (κ1) is 17.1. The average Bonchev–Trinajstić information content (AvgIpc) is 2.57. The maximum absolute atomic E-state index is 12.9. The van der Waals surface area contributed by atoms with Gasteiger partial charge in [0, 0.05) is 6.54 Å². The van der Waals surface area contributed by atoms with Crippen LogP contribution in [0.25, 0.3) is 0 Å². The van der Waals surface area contributed by atoms with E-state index in [1.807, 2.05) is 42.5 Å². The third-order valence-electron chi connectivity index (χ3n) is 4.30. The van der Waals surface area contributed by atoms with Crippen LogP contribution in [0.5, 0.6) is 0 Å². The van der Waals surface area contributed by atoms with E-state index in [9.17, 15) is 9.32 Å². The van der Waals surface area contributed by atoms with Crippen LogP contribution >= 0.6 is 0 Å². The molecule has 1 heterocycles. The van der Waals surface area contributed by atoms with Gasteiger partial charge in [0.2, 0.25) is 0 Å². The highest BCUT2D eigenvalue weighted by Crippen LogP contribution is 2.42. The van der Waals surface area contributed by atoms with Crippen molar-refractivity contribution in [2.45, 2.75) is 29.2 Å². The average molecular weight is 344 g/mol. The van der Waals surface area contributed by atoms with Gasteiger partial charge in [-0.25, -0.2) is 4.21 Å². The van der Waals surface area contributed by atoms with Crippen LogP contribution in [0, 0.1) is 0 Å². The fourth-order valence-electron chi connectivity index (χ4n) is 3.03. The molecule has 0 saturated carbocycles. The number of hydrogen-bond donors (Lipinski definition) is 1. The molecule has 1 aliphatic heterocycles. The zero-order valence-corrected chi connectivity index (χ0v) is 15.2. The molecular weight excluding hydrogens is 320 g/mol. The molecule has 0 saturated heterocycles. The van der Waals surface area contributed by atoms with E-state index in [-0.39, 0.29) is 0 Å². The Morgan fingerprint density at radius 1 is 1.12 bits per heavy atom. The van der Waals surface area contributed by atoms with E-state index in [1.54, 1.807) is 6.92 Å². The van der Waals surface area contributed by atoms with Gasteiger partial charge in [-0.2, -0.15) is 0 Å². The van der Waals surface area contributed by atoms with Crippen LogP contribution in [0.4, 0.5) is 11.4 Å². The molecule has 1 N–H and O–H groups in total. The second-order valence-electron chi connectivity index (χ2n) is 6.45. The molecule has 24 heavy (non-hydrogen) atoms. The molecule has 0 fully saturated rings. The topological polar surface area (TPSA) is 43.8 Å². The van der Waals surface area contributed by atoms with Gasteiger partial charge in [-0.05, 0) is 63.8 Å². The Labute approximate surface area is 146 Å². The van der Waals surface area contributed by atoms with Gasteiger partial charge in [0.1, 0.15) is 0 Å². The third-order valence-corrected chi connectivity index (χ3v) is 5.79. The van der Waals surface area contributed by atoms with Gasteiger partial charge in [-0.3, -0.25) is 0 Å². The van der Waals surface area contributed by atoms with E-state index < -0.39 is 16.9 Å². The van der Waals surface area contributed by atoms with Crippen molar-refractivity contribution in [1.82, 2.24) is 4.90 Å². The zero-order valence-electron chi connectivity index (χ0n) is 14.4. The summed E-state index contributed by atoms with van der Waals surface area (Å²) in [6.45, 7) is 3.60. The zero-order chi connectivity index (χ0) is 17.3. The fourth-order valence-corrected chi connectivity index (χ4v) is 4.39. The normalized spacial score (nSPS) is 17.5. The second-order valence-corrected chi connectivity index (χ2v) is 7.87. The lowest BCUT2D eigenvalue weighted by Gasteiger charge is -2.33. The lowest BCUT2D eigenvalue weighted by molar-refractivity contribution is 0.199. The predicted molar refractivity (Wildman–Crippen MR) is 98.4 cm³/mol. The van der Waals surface area contributed by atoms with Gasteiger partial charge in [0.15, 0.2) is 0 Å². The Morgan fingerprint density at radius 3 is 2.54 bits per heavy atom. The predicted octanol–water partition coefficient (Wildman–Crippen LogP) is 3.31. The maximum Gasteiger partial charge on any atom is 0.0892 e. The molecule has 2 aromatic carbocycles. The summed E-state index contributed by atoms with van der Waals surface area (Å²) in [5.41, 5.74) is 2.80. The summed E-state index contributed by atoms with van der Waals surface area (Å²) < 4.78 is 12.9. The number of para-hydroxylation sites is 1. The molecule has 0 unspecified atom stereocenters. The summed E-state index contributed by atoms with van der Waals surface area (Å²) in [6.07, 6.45) is 0.469. The van der Waals surface area contributed by atoms with Crippen LogP contribution in [-0.4, -0.2) is 41.4 Å². The molecular formula is C19H24N2O2S. The van der Waals surface area contributed by atoms with Crippen LogP contribution in [0.2, 0.25) is 0 Å². The Morgan fingerprint density at radius 2 is 1.83 bits per heavy atom. The molecule has 0 aromatic heterocycles. The minimum atomic E-state index is -1.18. The van der Waals surface area contributed by atoms with Gasteiger partial charge in [0.05, 0.1) is 38.1 Å². The molecule has 5 heteroatoms. The highest BCUT2D eigenvalue weighted by molar-refractivity contribution is 7.85. The van der Waals surface area contributed by atoms with Crippen LogP contribution in [0.15, 0.2) is 52.3 Å². The van der Waals surface area contributed by atoms with E-state index in [0.717, 1.165) is 46.2 Å². The van der Waals surface area contributed by atoms with Crippen molar-refractivity contribution in [1.29, 1.82) is 0 Å². The van der Waals surface area contributed by atoms with Crippen LogP contribution in [-0.2, 0) is 10.8 Å². The van der Waals surface area contributed by atoms with Crippen LogP contribution in [0.1, 0.15) is 25.0 Å². The first-order chi connectivity index (χ1) is 11.5. The summed E-state index contributed by atoms with van der Waals surface area (Å²) in [4.78, 5) is 6.09. The van der Waals surface area contributed by atoms with Crippen molar-refractivity contribution in [2.75, 3.05) is 32.1 Å². The minimum Gasteiger partial charge on any atom is -0.389 e. The Hall–Kier alpha value is -1.69. The monoisotopic (exact) mass is 344 g/mol. The van der Waals surface area contributed by atoms with Gasteiger partial charge in [0.25, 0.3) is 0 Å². The number of aliphatic hydroxyl groups excluding tert-OH is 1. The minimum absolute atomic E-state index is 0.537. The summed E-state index contributed by atoms with van der Waals surface area (Å²) in [7, 11) is 2.96. The van der Waals surface area contributed by atoms with E-state index in [1.165, 1.54) is 0 Å². The van der Waals surface area contributed by atoms with Crippen LogP contribution in [0.3, 0.4) is 0 Å². The highest BCUT2D eigenvalue weighted by atomic mass is 32.2. The van der Waals surface area contributed by atoms with E-state index in [4.69, 9.17) is 0 Å². The Bertz CT molecular complexity index is 759. The summed E-state index contributed by atoms with van der Waals surface area (Å²) in [5.74, 6) is 0. The van der Waals surface area contributed by atoms with Gasteiger partial charge in [-0.1, -0.05) is 18.2 Å². The van der Waals surface area contributed by atoms with Gasteiger partial charge < -0.3 is 14.9 Å². The molecule has 1 aliphatic rings. The molecule has 128 valence electrons. The second kappa shape index (κ2) is 7.05. The molecule has 0 spiro atoms. The maximum atomic E-state index is 12.9. The molecule has 0 radical (unpaired) electrons. The number of fused-ring (bicyclic) bond motifs is 2.